The molecule has 1 atom stereocenters. The molecule has 0 radical (unpaired) electrons. The SMILES string of the molecule is COc1ccc(Cl)cc1N(CC(=O)N(Cc1ccc(Br)cc1)[C@H](Cc1ccccc1)C(=O)NC(C)C)S(=O)(=O)c1ccccc1. The lowest BCUT2D eigenvalue weighted by atomic mass is 10.0. The number of hydrogen-bond donors (Lipinski definition) is 1. The van der Waals surface area contributed by atoms with Crippen LogP contribution in [-0.4, -0.2) is 50.9 Å². The number of benzene rings is 4. The van der Waals surface area contributed by atoms with Gasteiger partial charge in [0.05, 0.1) is 17.7 Å². The summed E-state index contributed by atoms with van der Waals surface area (Å²) in [4.78, 5) is 29.8. The molecule has 0 heterocycles. The molecule has 0 spiro atoms. The number of halogens is 2. The van der Waals surface area contributed by atoms with Gasteiger partial charge < -0.3 is 15.0 Å². The Bertz CT molecular complexity index is 1710. The summed E-state index contributed by atoms with van der Waals surface area (Å²) in [7, 11) is -2.88. The highest BCUT2D eigenvalue weighted by Gasteiger charge is 2.35. The molecule has 11 heteroatoms. The maximum Gasteiger partial charge on any atom is 0.264 e. The number of carbonyl (C=O) groups excluding carboxylic acids is 2. The normalized spacial score (nSPS) is 12.0. The van der Waals surface area contributed by atoms with Crippen LogP contribution in [0.25, 0.3) is 0 Å². The first kappa shape index (κ1) is 34.0. The molecule has 0 saturated heterocycles. The zero-order valence-corrected chi connectivity index (χ0v) is 28.3. The van der Waals surface area contributed by atoms with Gasteiger partial charge in [-0.05, 0) is 67.4 Å². The van der Waals surface area contributed by atoms with E-state index in [0.29, 0.717) is 0 Å². The summed E-state index contributed by atoms with van der Waals surface area (Å²) in [5, 5.41) is 3.21. The number of sulfonamides is 1. The highest BCUT2D eigenvalue weighted by atomic mass is 79.9. The molecule has 4 aromatic carbocycles. The van der Waals surface area contributed by atoms with Gasteiger partial charge in [0.2, 0.25) is 11.8 Å². The van der Waals surface area contributed by atoms with Crippen molar-refractivity contribution < 1.29 is 22.7 Å². The second kappa shape index (κ2) is 15.4. The molecule has 236 valence electrons. The number of carbonyl (C=O) groups is 2. The molecule has 0 saturated carbocycles. The van der Waals surface area contributed by atoms with E-state index in [2.05, 4.69) is 21.2 Å². The lowest BCUT2D eigenvalue weighted by Crippen LogP contribution is -2.54. The van der Waals surface area contributed by atoms with E-state index in [1.54, 1.807) is 30.3 Å². The predicted molar refractivity (Wildman–Crippen MR) is 181 cm³/mol. The second-order valence-corrected chi connectivity index (χ2v) is 13.9. The van der Waals surface area contributed by atoms with Crippen molar-refractivity contribution in [3.05, 3.63) is 124 Å². The minimum Gasteiger partial charge on any atom is -0.495 e. The van der Waals surface area contributed by atoms with E-state index in [1.807, 2.05) is 68.4 Å². The van der Waals surface area contributed by atoms with Crippen molar-refractivity contribution in [3.63, 3.8) is 0 Å². The van der Waals surface area contributed by atoms with Crippen molar-refractivity contribution in [2.45, 2.75) is 43.8 Å². The fourth-order valence-corrected chi connectivity index (χ4v) is 6.68. The van der Waals surface area contributed by atoms with Crippen molar-refractivity contribution >= 4 is 55.1 Å². The Morgan fingerprint density at radius 1 is 0.889 bits per heavy atom. The molecule has 0 aliphatic rings. The smallest absolute Gasteiger partial charge is 0.264 e. The molecule has 1 N–H and O–H groups in total. The molecule has 0 unspecified atom stereocenters. The first-order chi connectivity index (χ1) is 21.5. The van der Waals surface area contributed by atoms with E-state index in [-0.39, 0.29) is 46.3 Å². The van der Waals surface area contributed by atoms with Crippen molar-refractivity contribution in [1.82, 2.24) is 10.2 Å². The summed E-state index contributed by atoms with van der Waals surface area (Å²) in [5.41, 5.74) is 1.71. The van der Waals surface area contributed by atoms with Gasteiger partial charge in [0, 0.05) is 28.5 Å². The zero-order valence-electron chi connectivity index (χ0n) is 25.2. The number of ether oxygens (including phenoxy) is 1. The molecule has 4 rings (SSSR count). The standard InChI is InChI=1S/C34H35BrClN3O5S/c1-24(2)37-34(41)31(20-25-10-6-4-7-11-25)38(22-26-14-16-27(35)17-15-26)33(40)23-39(30-21-28(36)18-19-32(30)44-3)45(42,43)29-12-8-5-9-13-29/h4-19,21,24,31H,20,22-23H2,1-3H3,(H,37,41)/t31-/m1/s1. The third kappa shape index (κ3) is 8.87. The molecule has 0 bridgehead atoms. The van der Waals surface area contributed by atoms with E-state index >= 15 is 0 Å². The molecule has 45 heavy (non-hydrogen) atoms. The Kier molecular flexibility index (Phi) is 11.7. The Balaban J connectivity index is 1.84. The highest BCUT2D eigenvalue weighted by Crippen LogP contribution is 2.35. The van der Waals surface area contributed by atoms with Crippen LogP contribution >= 0.6 is 27.5 Å². The van der Waals surface area contributed by atoms with Crippen molar-refractivity contribution in [2.24, 2.45) is 0 Å². The molecular weight excluding hydrogens is 678 g/mol. The number of anilines is 1. The first-order valence-electron chi connectivity index (χ1n) is 14.3. The Morgan fingerprint density at radius 2 is 1.51 bits per heavy atom. The molecule has 8 nitrogen and oxygen atoms in total. The summed E-state index contributed by atoms with van der Waals surface area (Å²) < 4.78 is 35.7. The van der Waals surface area contributed by atoms with Gasteiger partial charge in [-0.15, -0.1) is 0 Å². The van der Waals surface area contributed by atoms with Gasteiger partial charge in [-0.25, -0.2) is 8.42 Å². The maximum absolute atomic E-state index is 14.5. The molecule has 4 aromatic rings. The third-order valence-corrected chi connectivity index (χ3v) is 9.53. The number of rotatable bonds is 13. The average molecular weight is 713 g/mol. The fourth-order valence-electron chi connectivity index (χ4n) is 4.81. The van der Waals surface area contributed by atoms with Crippen LogP contribution in [0.15, 0.2) is 112 Å². The summed E-state index contributed by atoms with van der Waals surface area (Å²) in [6, 6.07) is 28.0. The van der Waals surface area contributed by atoms with Crippen molar-refractivity contribution in [2.75, 3.05) is 18.0 Å². The predicted octanol–water partition coefficient (Wildman–Crippen LogP) is 6.47. The minimum absolute atomic E-state index is 0.0160. The third-order valence-electron chi connectivity index (χ3n) is 6.99. The highest BCUT2D eigenvalue weighted by molar-refractivity contribution is 9.10. The number of nitrogens with one attached hydrogen (secondary N) is 1. The Labute approximate surface area is 278 Å². The van der Waals surface area contributed by atoms with Crippen molar-refractivity contribution in [3.8, 4) is 5.75 Å². The molecule has 0 aromatic heterocycles. The molecular formula is C34H35BrClN3O5S. The monoisotopic (exact) mass is 711 g/mol. The number of amides is 2. The van der Waals surface area contributed by atoms with E-state index in [1.165, 1.54) is 30.2 Å². The first-order valence-corrected chi connectivity index (χ1v) is 16.9. The van der Waals surface area contributed by atoms with E-state index < -0.39 is 28.5 Å². The largest absolute Gasteiger partial charge is 0.495 e. The van der Waals surface area contributed by atoms with Crippen LogP contribution in [0.5, 0.6) is 5.75 Å². The Hall–Kier alpha value is -3.86. The maximum atomic E-state index is 14.5. The topological polar surface area (TPSA) is 96.0 Å². The quantitative estimate of drug-likeness (QED) is 0.172. The van der Waals surface area contributed by atoms with Crippen LogP contribution in [0, 0.1) is 0 Å². The molecule has 2 amide bonds. The van der Waals surface area contributed by atoms with Crippen molar-refractivity contribution in [1.29, 1.82) is 0 Å². The van der Waals surface area contributed by atoms with Gasteiger partial charge >= 0.3 is 0 Å². The molecule has 0 aliphatic carbocycles. The minimum atomic E-state index is -4.29. The Morgan fingerprint density at radius 3 is 2.11 bits per heavy atom. The lowest BCUT2D eigenvalue weighted by molar-refractivity contribution is -0.140. The van der Waals surface area contributed by atoms with Crippen LogP contribution in [-0.2, 0) is 32.6 Å². The summed E-state index contributed by atoms with van der Waals surface area (Å²) in [5.74, 6) is -0.721. The van der Waals surface area contributed by atoms with E-state index in [9.17, 15) is 18.0 Å². The van der Waals surface area contributed by atoms with Crippen LogP contribution in [0.4, 0.5) is 5.69 Å². The van der Waals surface area contributed by atoms with Crippen LogP contribution < -0.4 is 14.4 Å². The van der Waals surface area contributed by atoms with Gasteiger partial charge in [-0.3, -0.25) is 13.9 Å². The summed E-state index contributed by atoms with van der Waals surface area (Å²) in [6.07, 6.45) is 0.216. The number of methoxy groups -OCH3 is 1. The van der Waals surface area contributed by atoms with Gasteiger partial charge in [-0.2, -0.15) is 0 Å². The zero-order chi connectivity index (χ0) is 32.6. The van der Waals surface area contributed by atoms with Gasteiger partial charge in [0.15, 0.2) is 0 Å². The fraction of sp³-hybridized carbons (Fsp3) is 0.235. The van der Waals surface area contributed by atoms with Crippen LogP contribution in [0.1, 0.15) is 25.0 Å². The molecule has 0 aliphatic heterocycles. The van der Waals surface area contributed by atoms with Crippen LogP contribution in [0.2, 0.25) is 5.02 Å². The van der Waals surface area contributed by atoms with E-state index in [0.717, 1.165) is 19.9 Å². The second-order valence-electron chi connectivity index (χ2n) is 10.7. The van der Waals surface area contributed by atoms with Gasteiger partial charge in [-0.1, -0.05) is 88.2 Å². The summed E-state index contributed by atoms with van der Waals surface area (Å²) >= 11 is 9.78. The van der Waals surface area contributed by atoms with Gasteiger partial charge in [0.1, 0.15) is 18.3 Å². The van der Waals surface area contributed by atoms with E-state index in [4.69, 9.17) is 16.3 Å². The van der Waals surface area contributed by atoms with Gasteiger partial charge in [0.25, 0.3) is 10.0 Å². The summed E-state index contributed by atoms with van der Waals surface area (Å²) in [6.45, 7) is 3.13. The number of nitrogens with zero attached hydrogens (tertiary/aromatic N) is 2. The molecule has 0 fully saturated rings. The van der Waals surface area contributed by atoms with Crippen LogP contribution in [0.3, 0.4) is 0 Å². The number of hydrogen-bond acceptors (Lipinski definition) is 5. The average Bonchev–Trinajstić information content (AvgIpc) is 3.02. The lowest BCUT2D eigenvalue weighted by Gasteiger charge is -2.34.